The Kier molecular flexibility index (Phi) is 6.64. The van der Waals surface area contributed by atoms with Crippen LogP contribution >= 0.6 is 27.7 Å². The second kappa shape index (κ2) is 9.16. The fourth-order valence-electron chi connectivity index (χ4n) is 2.46. The summed E-state index contributed by atoms with van der Waals surface area (Å²) < 4.78 is 2.88. The van der Waals surface area contributed by atoms with E-state index in [1.54, 1.807) is 0 Å². The monoisotopic (exact) mass is 457 g/mol. The molecular weight excluding hydrogens is 438 g/mol. The molecule has 8 heteroatoms. The average molecular weight is 458 g/mol. The number of hydrogen-bond acceptors (Lipinski definition) is 5. The van der Waals surface area contributed by atoms with Crippen LogP contribution in [0.1, 0.15) is 18.1 Å². The molecule has 1 amide bonds. The summed E-state index contributed by atoms with van der Waals surface area (Å²) >= 11 is 4.75. The van der Waals surface area contributed by atoms with Gasteiger partial charge >= 0.3 is 0 Å². The molecule has 0 bridgehead atoms. The van der Waals surface area contributed by atoms with E-state index < -0.39 is 0 Å². The van der Waals surface area contributed by atoms with Gasteiger partial charge in [0.05, 0.1) is 11.5 Å². The number of carbonyl (C=O) groups excluding carboxylic acids is 1. The first kappa shape index (κ1) is 20.3. The van der Waals surface area contributed by atoms with Gasteiger partial charge in [-0.15, -0.1) is 10.2 Å². The molecule has 0 radical (unpaired) electrons. The summed E-state index contributed by atoms with van der Waals surface area (Å²) in [4.78, 5) is 12.1. The van der Waals surface area contributed by atoms with E-state index in [9.17, 15) is 4.79 Å². The Morgan fingerprint density at radius 3 is 2.50 bits per heavy atom. The third kappa shape index (κ3) is 5.08. The molecule has 0 aliphatic carbocycles. The molecule has 3 rings (SSSR count). The van der Waals surface area contributed by atoms with Gasteiger partial charge in [-0.25, -0.2) is 5.43 Å². The third-order valence-electron chi connectivity index (χ3n) is 4.09. The molecule has 0 aliphatic rings. The highest BCUT2D eigenvalue weighted by molar-refractivity contribution is 9.10. The van der Waals surface area contributed by atoms with Crippen molar-refractivity contribution >= 4 is 39.3 Å². The highest BCUT2D eigenvalue weighted by Gasteiger charge is 2.13. The minimum atomic E-state index is -0.190. The highest BCUT2D eigenvalue weighted by Crippen LogP contribution is 2.23. The maximum atomic E-state index is 12.1. The summed E-state index contributed by atoms with van der Waals surface area (Å²) in [5.74, 6) is 0.769. The number of carbonyl (C=O) groups is 1. The van der Waals surface area contributed by atoms with Gasteiger partial charge in [-0.3, -0.25) is 4.79 Å². The molecule has 144 valence electrons. The lowest BCUT2D eigenvalue weighted by atomic mass is 10.1. The van der Waals surface area contributed by atoms with Crippen LogP contribution in [0.4, 0.5) is 0 Å². The van der Waals surface area contributed by atoms with Gasteiger partial charge in [-0.1, -0.05) is 69.7 Å². The van der Waals surface area contributed by atoms with E-state index in [0.717, 1.165) is 27.1 Å². The van der Waals surface area contributed by atoms with Crippen LogP contribution in [0.2, 0.25) is 0 Å². The molecule has 2 aromatic carbocycles. The summed E-state index contributed by atoms with van der Waals surface area (Å²) in [5.41, 5.74) is 6.48. The smallest absolute Gasteiger partial charge is 0.250 e. The van der Waals surface area contributed by atoms with Gasteiger partial charge in [0.1, 0.15) is 0 Å². The van der Waals surface area contributed by atoms with Crippen LogP contribution in [0.3, 0.4) is 0 Å². The first-order chi connectivity index (χ1) is 13.4. The van der Waals surface area contributed by atoms with Crippen molar-refractivity contribution in [2.45, 2.75) is 19.0 Å². The Labute approximate surface area is 176 Å². The zero-order valence-electron chi connectivity index (χ0n) is 15.8. The number of hydrazone groups is 1. The molecule has 0 spiro atoms. The maximum Gasteiger partial charge on any atom is 0.250 e. The van der Waals surface area contributed by atoms with Gasteiger partial charge in [0.25, 0.3) is 5.91 Å². The van der Waals surface area contributed by atoms with E-state index in [1.807, 2.05) is 74.0 Å². The first-order valence-corrected chi connectivity index (χ1v) is 10.4. The van der Waals surface area contributed by atoms with Crippen LogP contribution < -0.4 is 5.43 Å². The quantitative estimate of drug-likeness (QED) is 0.342. The lowest BCUT2D eigenvalue weighted by Gasteiger charge is -2.05. The Morgan fingerprint density at radius 2 is 1.82 bits per heavy atom. The van der Waals surface area contributed by atoms with Crippen LogP contribution in [0, 0.1) is 6.92 Å². The Morgan fingerprint density at radius 1 is 1.14 bits per heavy atom. The van der Waals surface area contributed by atoms with Crippen molar-refractivity contribution in [3.8, 4) is 11.4 Å². The molecule has 0 aliphatic heterocycles. The lowest BCUT2D eigenvalue weighted by Crippen LogP contribution is -2.21. The first-order valence-electron chi connectivity index (χ1n) is 8.62. The molecule has 0 saturated carbocycles. The van der Waals surface area contributed by atoms with Crippen molar-refractivity contribution < 1.29 is 4.79 Å². The standard InChI is InChI=1S/C20H20BrN5OS/c1-13-4-6-15(7-5-13)14(2)22-23-18(27)12-28-20-25-24-19(26(20)3)16-8-10-17(21)11-9-16/h4-11H,12H2,1-3H3,(H,23,27)/b22-14-. The molecule has 1 N–H and O–H groups in total. The number of nitrogens with zero attached hydrogens (tertiary/aromatic N) is 4. The molecule has 6 nitrogen and oxygen atoms in total. The van der Waals surface area contributed by atoms with Crippen molar-refractivity contribution in [1.82, 2.24) is 20.2 Å². The number of hydrogen-bond donors (Lipinski definition) is 1. The molecule has 0 fully saturated rings. The summed E-state index contributed by atoms with van der Waals surface area (Å²) in [6.07, 6.45) is 0. The predicted molar refractivity (Wildman–Crippen MR) is 116 cm³/mol. The Bertz CT molecular complexity index is 996. The normalized spacial score (nSPS) is 11.5. The van der Waals surface area contributed by atoms with Crippen molar-refractivity contribution in [2.24, 2.45) is 12.1 Å². The summed E-state index contributed by atoms with van der Waals surface area (Å²) in [5, 5.41) is 13.3. The van der Waals surface area contributed by atoms with Gasteiger partial charge in [-0.05, 0) is 31.5 Å². The lowest BCUT2D eigenvalue weighted by molar-refractivity contribution is -0.118. The fourth-order valence-corrected chi connectivity index (χ4v) is 3.43. The fraction of sp³-hybridized carbons (Fsp3) is 0.200. The molecule has 0 atom stereocenters. The largest absolute Gasteiger partial charge is 0.305 e. The summed E-state index contributed by atoms with van der Waals surface area (Å²) in [7, 11) is 1.89. The number of nitrogens with one attached hydrogen (secondary N) is 1. The predicted octanol–water partition coefficient (Wildman–Crippen LogP) is 4.19. The van der Waals surface area contributed by atoms with E-state index in [1.165, 1.54) is 17.3 Å². The molecule has 3 aromatic rings. The van der Waals surface area contributed by atoms with Crippen molar-refractivity contribution in [3.05, 3.63) is 64.1 Å². The van der Waals surface area contributed by atoms with E-state index >= 15 is 0 Å². The Balaban J connectivity index is 1.58. The second-order valence-electron chi connectivity index (χ2n) is 6.26. The molecular formula is C20H20BrN5OS. The number of benzene rings is 2. The van der Waals surface area contributed by atoms with Gasteiger partial charge in [0.15, 0.2) is 11.0 Å². The van der Waals surface area contributed by atoms with Gasteiger partial charge in [0.2, 0.25) is 0 Å². The zero-order chi connectivity index (χ0) is 20.1. The molecule has 1 heterocycles. The zero-order valence-corrected chi connectivity index (χ0v) is 18.2. The van der Waals surface area contributed by atoms with E-state index in [0.29, 0.717) is 5.16 Å². The van der Waals surface area contributed by atoms with E-state index in [-0.39, 0.29) is 11.7 Å². The van der Waals surface area contributed by atoms with Crippen LogP contribution in [-0.2, 0) is 11.8 Å². The molecule has 0 unspecified atom stereocenters. The number of amides is 1. The third-order valence-corrected chi connectivity index (χ3v) is 5.64. The van der Waals surface area contributed by atoms with E-state index in [2.05, 4.69) is 36.7 Å². The van der Waals surface area contributed by atoms with Crippen molar-refractivity contribution in [1.29, 1.82) is 0 Å². The Hall–Kier alpha value is -2.45. The minimum Gasteiger partial charge on any atom is -0.305 e. The highest BCUT2D eigenvalue weighted by atomic mass is 79.9. The van der Waals surface area contributed by atoms with Crippen LogP contribution in [-0.4, -0.2) is 32.1 Å². The second-order valence-corrected chi connectivity index (χ2v) is 8.12. The van der Waals surface area contributed by atoms with E-state index in [4.69, 9.17) is 0 Å². The van der Waals surface area contributed by atoms with Crippen molar-refractivity contribution in [3.63, 3.8) is 0 Å². The van der Waals surface area contributed by atoms with Gasteiger partial charge in [-0.2, -0.15) is 5.10 Å². The molecule has 0 saturated heterocycles. The number of rotatable bonds is 6. The molecule has 28 heavy (non-hydrogen) atoms. The van der Waals surface area contributed by atoms with Crippen LogP contribution in [0.25, 0.3) is 11.4 Å². The minimum absolute atomic E-state index is 0.190. The van der Waals surface area contributed by atoms with Crippen LogP contribution in [0.5, 0.6) is 0 Å². The van der Waals surface area contributed by atoms with Gasteiger partial charge in [0, 0.05) is 17.1 Å². The number of aryl methyl sites for hydroxylation is 1. The van der Waals surface area contributed by atoms with Crippen LogP contribution in [0.15, 0.2) is 63.3 Å². The number of thioether (sulfide) groups is 1. The molecule has 1 aromatic heterocycles. The average Bonchev–Trinajstić information content (AvgIpc) is 3.06. The number of aromatic nitrogens is 3. The summed E-state index contributed by atoms with van der Waals surface area (Å²) in [6.45, 7) is 3.90. The number of halogens is 1. The SMILES string of the molecule is C/C(=N/NC(=O)CSc1nnc(-c2ccc(Br)cc2)n1C)c1ccc(C)cc1. The van der Waals surface area contributed by atoms with Crippen molar-refractivity contribution in [2.75, 3.05) is 5.75 Å². The summed E-state index contributed by atoms with van der Waals surface area (Å²) in [6, 6.07) is 15.9. The van der Waals surface area contributed by atoms with Gasteiger partial charge < -0.3 is 4.57 Å². The topological polar surface area (TPSA) is 72.2 Å². The maximum absolute atomic E-state index is 12.1.